The number of aryl methyl sites for hydroxylation is 1. The number of hydrogen-bond acceptors (Lipinski definition) is 7. The van der Waals surface area contributed by atoms with Crippen molar-refractivity contribution in [3.8, 4) is 11.6 Å². The molecule has 2 aliphatic rings. The third-order valence-electron chi connectivity index (χ3n) is 7.63. The van der Waals surface area contributed by atoms with Gasteiger partial charge in [-0.2, -0.15) is 0 Å². The summed E-state index contributed by atoms with van der Waals surface area (Å²) in [5.41, 5.74) is 7.83. The van der Waals surface area contributed by atoms with Gasteiger partial charge in [0.2, 0.25) is 11.8 Å². The zero-order valence-electron chi connectivity index (χ0n) is 22.6. The molecule has 2 atom stereocenters. The number of pyridine rings is 2. The van der Waals surface area contributed by atoms with Crippen LogP contribution in [0.3, 0.4) is 0 Å². The lowest BCUT2D eigenvalue weighted by Crippen LogP contribution is -2.39. The highest BCUT2D eigenvalue weighted by Gasteiger charge is 2.34. The van der Waals surface area contributed by atoms with Crippen LogP contribution >= 0.6 is 11.3 Å². The summed E-state index contributed by atoms with van der Waals surface area (Å²) in [5, 5.41) is 6.83. The summed E-state index contributed by atoms with van der Waals surface area (Å²) in [6.07, 6.45) is 8.04. The number of carbonyl (C=O) groups is 3. The largest absolute Gasteiger partial charge is 0.439 e. The number of benzene rings is 1. The number of carbonyl (C=O) groups excluding carboxylic acids is 3. The summed E-state index contributed by atoms with van der Waals surface area (Å²) in [6.45, 7) is 1.89. The van der Waals surface area contributed by atoms with E-state index < -0.39 is 0 Å². The average molecular weight is 571 g/mol. The topological polar surface area (TPSA) is 140 Å². The van der Waals surface area contributed by atoms with Gasteiger partial charge < -0.3 is 21.1 Å². The molecule has 4 amide bonds. The first kappa shape index (κ1) is 26.7. The Hall–Kier alpha value is -4.51. The number of amides is 4. The van der Waals surface area contributed by atoms with Crippen LogP contribution in [0.2, 0.25) is 0 Å². The van der Waals surface area contributed by atoms with Gasteiger partial charge in [-0.3, -0.25) is 14.5 Å². The highest BCUT2D eigenvalue weighted by Crippen LogP contribution is 2.46. The molecule has 1 aliphatic carbocycles. The SMILES string of the molecule is Cc1cc(Oc2ccccc2)ncc1N1C(=O)Nc2c(C(=O)N[C@@H]3CCCC(CCC(N)=O)C3)sc3nccc1c23. The van der Waals surface area contributed by atoms with Crippen LogP contribution in [0.25, 0.3) is 10.2 Å². The van der Waals surface area contributed by atoms with Gasteiger partial charge >= 0.3 is 6.03 Å². The van der Waals surface area contributed by atoms with Gasteiger partial charge in [-0.25, -0.2) is 14.8 Å². The molecule has 3 aromatic heterocycles. The number of aromatic nitrogens is 2. The Morgan fingerprint density at radius 3 is 2.78 bits per heavy atom. The Morgan fingerprint density at radius 1 is 1.17 bits per heavy atom. The van der Waals surface area contributed by atoms with Gasteiger partial charge in [0.25, 0.3) is 5.91 Å². The van der Waals surface area contributed by atoms with Crippen LogP contribution in [-0.4, -0.2) is 33.9 Å². The Kier molecular flexibility index (Phi) is 7.27. The van der Waals surface area contributed by atoms with Crippen LogP contribution in [0.4, 0.5) is 21.9 Å². The smallest absolute Gasteiger partial charge is 0.331 e. The molecule has 1 aliphatic heterocycles. The number of primary amides is 1. The summed E-state index contributed by atoms with van der Waals surface area (Å²) in [6, 6.07) is 12.5. The van der Waals surface area contributed by atoms with Crippen molar-refractivity contribution in [1.29, 1.82) is 0 Å². The molecule has 41 heavy (non-hydrogen) atoms. The number of rotatable bonds is 8. The Balaban J connectivity index is 1.26. The molecule has 0 bridgehead atoms. The molecular weight excluding hydrogens is 540 g/mol. The number of nitrogens with two attached hydrogens (primary N) is 1. The Bertz CT molecular complexity index is 1640. The second-order valence-corrected chi connectivity index (χ2v) is 11.5. The van der Waals surface area contributed by atoms with Crippen molar-refractivity contribution in [1.82, 2.24) is 15.3 Å². The van der Waals surface area contributed by atoms with Crippen molar-refractivity contribution < 1.29 is 19.1 Å². The number of nitrogens with one attached hydrogen (secondary N) is 2. The predicted molar refractivity (Wildman–Crippen MR) is 158 cm³/mol. The second-order valence-electron chi connectivity index (χ2n) is 10.5. The molecule has 4 N–H and O–H groups in total. The summed E-state index contributed by atoms with van der Waals surface area (Å²) in [7, 11) is 0. The minimum atomic E-state index is -0.386. The number of anilines is 3. The Labute approximate surface area is 240 Å². The third kappa shape index (κ3) is 5.45. The van der Waals surface area contributed by atoms with Gasteiger partial charge in [-0.15, -0.1) is 11.3 Å². The number of nitrogens with zero attached hydrogens (tertiary/aromatic N) is 3. The minimum absolute atomic E-state index is 0.0000948. The van der Waals surface area contributed by atoms with E-state index in [4.69, 9.17) is 10.5 Å². The van der Waals surface area contributed by atoms with E-state index in [2.05, 4.69) is 20.6 Å². The number of ether oxygens (including phenoxy) is 1. The molecule has 1 unspecified atom stereocenters. The lowest BCUT2D eigenvalue weighted by Gasteiger charge is -2.30. The standard InChI is InChI=1S/C30H30N6O4S/c1-17-14-24(40-20-8-3-2-4-9-20)33-16-22(17)36-21-12-13-32-29-25(21)26(35-30(36)39)27(41-29)28(38)34-19-7-5-6-18(15-19)10-11-23(31)37/h2-4,8-9,12-14,16,18-19H,5-7,10-11,15H2,1H3,(H2,31,37)(H,34,38)(H,35,39)/t18?,19-/m1/s1. The lowest BCUT2D eigenvalue weighted by molar-refractivity contribution is -0.118. The van der Waals surface area contributed by atoms with E-state index in [9.17, 15) is 14.4 Å². The molecule has 210 valence electrons. The first-order valence-corrected chi connectivity index (χ1v) is 14.5. The van der Waals surface area contributed by atoms with Crippen molar-refractivity contribution in [2.75, 3.05) is 10.2 Å². The maximum Gasteiger partial charge on any atom is 0.331 e. The zero-order chi connectivity index (χ0) is 28.5. The third-order valence-corrected chi connectivity index (χ3v) is 8.73. The van der Waals surface area contributed by atoms with Crippen LogP contribution < -0.4 is 26.0 Å². The molecule has 1 fully saturated rings. The monoisotopic (exact) mass is 570 g/mol. The van der Waals surface area contributed by atoms with Crippen LogP contribution in [0.15, 0.2) is 54.9 Å². The molecule has 11 heteroatoms. The summed E-state index contributed by atoms with van der Waals surface area (Å²) in [5.74, 6) is 0.913. The minimum Gasteiger partial charge on any atom is -0.439 e. The Morgan fingerprint density at radius 2 is 2.00 bits per heavy atom. The summed E-state index contributed by atoms with van der Waals surface area (Å²) in [4.78, 5) is 49.8. The van der Waals surface area contributed by atoms with E-state index in [1.807, 2.05) is 37.3 Å². The van der Waals surface area contributed by atoms with Gasteiger partial charge in [0.05, 0.1) is 28.6 Å². The van der Waals surface area contributed by atoms with Gasteiger partial charge in [0, 0.05) is 24.7 Å². The van der Waals surface area contributed by atoms with E-state index in [-0.39, 0.29) is 23.9 Å². The molecule has 4 heterocycles. The van der Waals surface area contributed by atoms with E-state index in [1.54, 1.807) is 29.4 Å². The maximum absolute atomic E-state index is 13.5. The summed E-state index contributed by atoms with van der Waals surface area (Å²) >= 11 is 1.26. The summed E-state index contributed by atoms with van der Waals surface area (Å²) < 4.78 is 5.86. The van der Waals surface area contributed by atoms with Gasteiger partial charge in [0.15, 0.2) is 0 Å². The van der Waals surface area contributed by atoms with Crippen LogP contribution in [-0.2, 0) is 4.79 Å². The number of urea groups is 1. The fraction of sp³-hybridized carbons (Fsp3) is 0.300. The number of thiophene rings is 1. The van der Waals surface area contributed by atoms with Crippen molar-refractivity contribution >= 4 is 56.5 Å². The van der Waals surface area contributed by atoms with Gasteiger partial charge in [0.1, 0.15) is 15.5 Å². The highest BCUT2D eigenvalue weighted by molar-refractivity contribution is 7.21. The van der Waals surface area contributed by atoms with Crippen molar-refractivity contribution in [3.63, 3.8) is 0 Å². The van der Waals surface area contributed by atoms with Crippen LogP contribution in [0.1, 0.15) is 53.8 Å². The predicted octanol–water partition coefficient (Wildman–Crippen LogP) is 6.03. The molecule has 1 saturated carbocycles. The normalized spacial score (nSPS) is 18.2. The molecule has 0 radical (unpaired) electrons. The van der Waals surface area contributed by atoms with E-state index in [0.717, 1.165) is 37.7 Å². The molecule has 0 spiro atoms. The molecule has 10 nitrogen and oxygen atoms in total. The van der Waals surface area contributed by atoms with Crippen molar-refractivity contribution in [2.24, 2.45) is 11.7 Å². The average Bonchev–Trinajstić information content (AvgIpc) is 3.33. The van der Waals surface area contributed by atoms with Gasteiger partial charge in [-0.1, -0.05) is 31.0 Å². The second kappa shape index (κ2) is 11.2. The lowest BCUT2D eigenvalue weighted by atomic mass is 9.83. The first-order chi connectivity index (χ1) is 19.9. The zero-order valence-corrected chi connectivity index (χ0v) is 23.4. The maximum atomic E-state index is 13.5. The quantitative estimate of drug-likeness (QED) is 0.236. The fourth-order valence-corrected chi connectivity index (χ4v) is 6.71. The molecular formula is C30H30N6O4S. The number of para-hydroxylation sites is 1. The molecule has 4 aromatic rings. The van der Waals surface area contributed by atoms with Crippen LogP contribution in [0, 0.1) is 12.8 Å². The molecule has 1 aromatic carbocycles. The van der Waals surface area contributed by atoms with E-state index in [0.29, 0.717) is 56.1 Å². The fourth-order valence-electron chi connectivity index (χ4n) is 5.69. The van der Waals surface area contributed by atoms with Crippen molar-refractivity contribution in [3.05, 3.63) is 65.3 Å². The first-order valence-electron chi connectivity index (χ1n) is 13.7. The molecule has 6 rings (SSSR count). The van der Waals surface area contributed by atoms with Gasteiger partial charge in [-0.05, 0) is 55.9 Å². The van der Waals surface area contributed by atoms with E-state index in [1.165, 1.54) is 11.3 Å². The van der Waals surface area contributed by atoms with Crippen LogP contribution in [0.5, 0.6) is 11.6 Å². The van der Waals surface area contributed by atoms with Crippen molar-refractivity contribution in [2.45, 2.75) is 51.5 Å². The number of hydrogen-bond donors (Lipinski definition) is 3. The highest BCUT2D eigenvalue weighted by atomic mass is 32.1. The van der Waals surface area contributed by atoms with E-state index >= 15 is 0 Å². The molecule has 0 saturated heterocycles.